The van der Waals surface area contributed by atoms with Crippen molar-refractivity contribution in [2.45, 2.75) is 44.6 Å². The Morgan fingerprint density at radius 1 is 1.16 bits per heavy atom. The van der Waals surface area contributed by atoms with Crippen LogP contribution in [0, 0.1) is 0 Å². The van der Waals surface area contributed by atoms with Gasteiger partial charge in [0.05, 0.1) is 12.7 Å². The van der Waals surface area contributed by atoms with E-state index in [4.69, 9.17) is 11.3 Å². The molecule has 0 spiro atoms. The maximum absolute atomic E-state index is 13.3. The van der Waals surface area contributed by atoms with Crippen molar-refractivity contribution >= 4 is 17.7 Å². The average molecular weight is 445 g/mol. The first-order valence-corrected chi connectivity index (χ1v) is 10.3. The van der Waals surface area contributed by atoms with Crippen molar-refractivity contribution in [3.8, 4) is 0 Å². The summed E-state index contributed by atoms with van der Waals surface area (Å²) in [6, 6.07) is -0.955. The molecule has 13 heteroatoms. The Hall–Kier alpha value is -3.70. The lowest BCUT2D eigenvalue weighted by Gasteiger charge is -2.26. The first-order valence-electron chi connectivity index (χ1n) is 10.3. The summed E-state index contributed by atoms with van der Waals surface area (Å²) in [6.07, 6.45) is 7.96. The summed E-state index contributed by atoms with van der Waals surface area (Å²) in [5, 5.41) is 6.16. The number of H-pyrrole nitrogens is 2. The standard InChI is InChI=1S/C19H28N10O3/c20-6-4-18(31)29(8-5-14-10-22-12-24-14)19(32)16(9-15-11-23-13-25-15)27-17(30)3-1-2-7-26-28-21/h10-13,16H,1-9,20H2,(H,22,24)(H,23,25)(H,27,30)/t16-/m0/s1. The summed E-state index contributed by atoms with van der Waals surface area (Å²) < 4.78 is 0. The summed E-state index contributed by atoms with van der Waals surface area (Å²) in [7, 11) is 0. The zero-order valence-electron chi connectivity index (χ0n) is 17.7. The zero-order valence-corrected chi connectivity index (χ0v) is 17.7. The molecule has 2 aromatic heterocycles. The Morgan fingerprint density at radius 3 is 2.50 bits per heavy atom. The normalized spacial score (nSPS) is 11.4. The van der Waals surface area contributed by atoms with Gasteiger partial charge in [-0.1, -0.05) is 5.11 Å². The lowest BCUT2D eigenvalue weighted by molar-refractivity contribution is -0.147. The molecule has 13 nitrogen and oxygen atoms in total. The predicted molar refractivity (Wildman–Crippen MR) is 115 cm³/mol. The fourth-order valence-corrected chi connectivity index (χ4v) is 3.05. The number of nitrogens with one attached hydrogen (secondary N) is 3. The second-order valence-corrected chi connectivity index (χ2v) is 7.06. The molecule has 0 bridgehead atoms. The second-order valence-electron chi connectivity index (χ2n) is 7.06. The van der Waals surface area contributed by atoms with Gasteiger partial charge >= 0.3 is 0 Å². The van der Waals surface area contributed by atoms with Crippen molar-refractivity contribution in [3.05, 3.63) is 46.9 Å². The van der Waals surface area contributed by atoms with Crippen LogP contribution in [0.3, 0.4) is 0 Å². The van der Waals surface area contributed by atoms with Crippen molar-refractivity contribution in [2.24, 2.45) is 10.8 Å². The molecular weight excluding hydrogens is 416 g/mol. The van der Waals surface area contributed by atoms with E-state index in [0.29, 0.717) is 31.5 Å². The third kappa shape index (κ3) is 8.20. The number of imide groups is 1. The Kier molecular flexibility index (Phi) is 10.4. The number of azide groups is 1. The molecule has 1 atom stereocenters. The minimum atomic E-state index is -0.955. The number of imidazole rings is 2. The van der Waals surface area contributed by atoms with E-state index in [1.807, 2.05) is 0 Å². The van der Waals surface area contributed by atoms with E-state index in [0.717, 1.165) is 10.6 Å². The molecule has 0 aliphatic rings. The van der Waals surface area contributed by atoms with E-state index >= 15 is 0 Å². The SMILES string of the molecule is [N-]=[N+]=NCCCCC(=O)N[C@@H](Cc1cnc[nH]1)C(=O)N(CCc1cnc[nH]1)C(=O)CCN. The number of carbonyl (C=O) groups excluding carboxylic acids is 3. The molecule has 0 radical (unpaired) electrons. The predicted octanol–water partition coefficient (Wildman–Crippen LogP) is 0.587. The van der Waals surface area contributed by atoms with E-state index < -0.39 is 17.9 Å². The Labute approximate surface area is 184 Å². The molecule has 0 saturated heterocycles. The van der Waals surface area contributed by atoms with Gasteiger partial charge in [-0.2, -0.15) is 0 Å². The summed E-state index contributed by atoms with van der Waals surface area (Å²) >= 11 is 0. The van der Waals surface area contributed by atoms with Crippen molar-refractivity contribution < 1.29 is 14.4 Å². The lowest BCUT2D eigenvalue weighted by atomic mass is 10.1. The smallest absolute Gasteiger partial charge is 0.252 e. The number of nitrogens with zero attached hydrogens (tertiary/aromatic N) is 6. The minimum absolute atomic E-state index is 0.0127. The summed E-state index contributed by atoms with van der Waals surface area (Å²) in [5.74, 6) is -1.25. The summed E-state index contributed by atoms with van der Waals surface area (Å²) in [5.41, 5.74) is 15.3. The van der Waals surface area contributed by atoms with E-state index in [9.17, 15) is 14.4 Å². The van der Waals surface area contributed by atoms with Gasteiger partial charge in [0.15, 0.2) is 0 Å². The molecular formula is C19H28N10O3. The van der Waals surface area contributed by atoms with Crippen LogP contribution in [0.1, 0.15) is 37.1 Å². The van der Waals surface area contributed by atoms with Crippen molar-refractivity contribution in [2.75, 3.05) is 19.6 Å². The van der Waals surface area contributed by atoms with Crippen LogP contribution in [-0.4, -0.2) is 68.2 Å². The third-order valence-electron chi connectivity index (χ3n) is 4.67. The first-order chi connectivity index (χ1) is 15.5. The maximum Gasteiger partial charge on any atom is 0.252 e. The molecule has 2 aromatic rings. The maximum atomic E-state index is 13.3. The number of unbranched alkanes of at least 4 members (excludes halogenated alkanes) is 1. The summed E-state index contributed by atoms with van der Waals surface area (Å²) in [6.45, 7) is 0.534. The van der Waals surface area contributed by atoms with Gasteiger partial charge in [-0.25, -0.2) is 9.97 Å². The Balaban J connectivity index is 2.09. The van der Waals surface area contributed by atoms with Gasteiger partial charge in [-0.3, -0.25) is 19.3 Å². The van der Waals surface area contributed by atoms with Crippen LogP contribution in [0.5, 0.6) is 0 Å². The number of hydrogen-bond acceptors (Lipinski definition) is 7. The van der Waals surface area contributed by atoms with E-state index in [-0.39, 0.29) is 38.3 Å². The van der Waals surface area contributed by atoms with Crippen molar-refractivity contribution in [3.63, 3.8) is 0 Å². The van der Waals surface area contributed by atoms with Crippen LogP contribution < -0.4 is 11.1 Å². The molecule has 172 valence electrons. The van der Waals surface area contributed by atoms with Gasteiger partial charge in [-0.05, 0) is 18.4 Å². The van der Waals surface area contributed by atoms with Gasteiger partial charge in [0.1, 0.15) is 6.04 Å². The molecule has 0 saturated carbocycles. The topological polar surface area (TPSA) is 199 Å². The number of aromatic nitrogens is 4. The van der Waals surface area contributed by atoms with Gasteiger partial charge in [-0.15, -0.1) is 0 Å². The van der Waals surface area contributed by atoms with E-state index in [1.165, 1.54) is 12.7 Å². The molecule has 32 heavy (non-hydrogen) atoms. The molecule has 2 heterocycles. The molecule has 0 unspecified atom stereocenters. The molecule has 0 fully saturated rings. The molecule has 2 rings (SSSR count). The van der Waals surface area contributed by atoms with Crippen LogP contribution >= 0.6 is 0 Å². The van der Waals surface area contributed by atoms with Crippen LogP contribution in [0.25, 0.3) is 10.4 Å². The monoisotopic (exact) mass is 444 g/mol. The van der Waals surface area contributed by atoms with Crippen LogP contribution in [0.4, 0.5) is 0 Å². The highest BCUT2D eigenvalue weighted by atomic mass is 16.2. The van der Waals surface area contributed by atoms with E-state index in [2.05, 4.69) is 35.3 Å². The number of hydrogen-bond donors (Lipinski definition) is 4. The Bertz CT molecular complexity index is 891. The highest BCUT2D eigenvalue weighted by Crippen LogP contribution is 2.08. The quantitative estimate of drug-likeness (QED) is 0.142. The minimum Gasteiger partial charge on any atom is -0.348 e. The average Bonchev–Trinajstić information content (AvgIpc) is 3.47. The largest absolute Gasteiger partial charge is 0.348 e. The number of amides is 3. The summed E-state index contributed by atoms with van der Waals surface area (Å²) in [4.78, 5) is 56.0. The molecule has 0 aliphatic heterocycles. The molecule has 3 amide bonds. The van der Waals surface area contributed by atoms with Crippen LogP contribution in [0.15, 0.2) is 30.2 Å². The molecule has 0 aliphatic carbocycles. The first kappa shape index (κ1) is 24.6. The number of aromatic amines is 2. The number of carbonyl (C=O) groups is 3. The molecule has 0 aromatic carbocycles. The highest BCUT2D eigenvalue weighted by molar-refractivity contribution is 5.99. The number of rotatable bonds is 14. The van der Waals surface area contributed by atoms with Gasteiger partial charge in [0.25, 0.3) is 5.91 Å². The van der Waals surface area contributed by atoms with Crippen LogP contribution in [-0.2, 0) is 27.2 Å². The highest BCUT2D eigenvalue weighted by Gasteiger charge is 2.30. The fraction of sp³-hybridized carbons (Fsp3) is 0.526. The van der Waals surface area contributed by atoms with E-state index in [1.54, 1.807) is 12.4 Å². The van der Waals surface area contributed by atoms with Crippen molar-refractivity contribution in [1.82, 2.24) is 30.2 Å². The Morgan fingerprint density at radius 2 is 1.88 bits per heavy atom. The second kappa shape index (κ2) is 13.6. The van der Waals surface area contributed by atoms with Crippen molar-refractivity contribution in [1.29, 1.82) is 0 Å². The zero-order chi connectivity index (χ0) is 23.2. The fourth-order valence-electron chi connectivity index (χ4n) is 3.05. The third-order valence-corrected chi connectivity index (χ3v) is 4.67. The van der Waals surface area contributed by atoms with Crippen LogP contribution in [0.2, 0.25) is 0 Å². The van der Waals surface area contributed by atoms with Gasteiger partial charge in [0.2, 0.25) is 11.8 Å². The lowest BCUT2D eigenvalue weighted by Crippen LogP contribution is -2.52. The van der Waals surface area contributed by atoms with Gasteiger partial charge in [0, 0.05) is 74.0 Å². The number of nitrogens with two attached hydrogens (primary N) is 1. The van der Waals surface area contributed by atoms with Gasteiger partial charge < -0.3 is 21.0 Å². The molecule has 5 N–H and O–H groups in total.